The number of imidazole rings is 1. The van der Waals surface area contributed by atoms with Crippen molar-refractivity contribution in [2.45, 2.75) is 64.3 Å². The summed E-state index contributed by atoms with van der Waals surface area (Å²) in [5.41, 5.74) is 0.0201. The first-order valence-corrected chi connectivity index (χ1v) is 16.5. The molecule has 0 radical (unpaired) electrons. The summed E-state index contributed by atoms with van der Waals surface area (Å²) >= 11 is 6.30. The van der Waals surface area contributed by atoms with Crippen molar-refractivity contribution < 1.29 is 18.7 Å². The van der Waals surface area contributed by atoms with Crippen molar-refractivity contribution in [2.75, 3.05) is 19.8 Å². The van der Waals surface area contributed by atoms with Gasteiger partial charge in [-0.2, -0.15) is 0 Å². The minimum atomic E-state index is -2.83. The highest BCUT2D eigenvalue weighted by Crippen LogP contribution is 2.37. The number of hydrogen-bond acceptors (Lipinski definition) is 6. The van der Waals surface area contributed by atoms with E-state index in [0.29, 0.717) is 16.5 Å². The molecule has 2 unspecified atom stereocenters. The summed E-state index contributed by atoms with van der Waals surface area (Å²) in [7, 11) is -2.83. The number of ether oxygens (including phenoxy) is 2. The van der Waals surface area contributed by atoms with Gasteiger partial charge in [0.2, 0.25) is 0 Å². The van der Waals surface area contributed by atoms with Crippen LogP contribution in [0.2, 0.25) is 10.2 Å². The molecule has 2 aromatic carbocycles. The van der Waals surface area contributed by atoms with Gasteiger partial charge in [0.25, 0.3) is 8.32 Å². The largest absolute Gasteiger partial charge is 0.444 e. The van der Waals surface area contributed by atoms with E-state index in [1.165, 1.54) is 10.4 Å². The van der Waals surface area contributed by atoms with Gasteiger partial charge < -0.3 is 13.9 Å². The number of halogens is 1. The molecule has 0 spiro atoms. The van der Waals surface area contributed by atoms with Crippen LogP contribution >= 0.6 is 11.6 Å². The number of carbonyl (C=O) groups excluding carboxylic acids is 1. The second kappa shape index (κ2) is 11.8. The maximum Gasteiger partial charge on any atom is 0.410 e. The van der Waals surface area contributed by atoms with Gasteiger partial charge in [-0.05, 0) is 36.2 Å². The van der Waals surface area contributed by atoms with Crippen LogP contribution in [0.25, 0.3) is 5.52 Å². The third-order valence-corrected chi connectivity index (χ3v) is 12.9. The fraction of sp³-hybridized carbons (Fsp3) is 0.406. The van der Waals surface area contributed by atoms with E-state index < -0.39 is 26.1 Å². The number of fused-ring (bicyclic) bond motifs is 1. The molecule has 2 atom stereocenters. The van der Waals surface area contributed by atoms with Crippen LogP contribution in [0, 0.1) is 0 Å². The Hall–Kier alpha value is -3.24. The molecule has 8 nitrogen and oxygen atoms in total. The van der Waals surface area contributed by atoms with Crippen LogP contribution in [-0.4, -0.2) is 65.1 Å². The average molecular weight is 607 g/mol. The molecule has 4 aromatic rings. The lowest BCUT2D eigenvalue weighted by molar-refractivity contribution is -0.0830. The van der Waals surface area contributed by atoms with E-state index in [1.807, 2.05) is 37.3 Å². The molecule has 3 heterocycles. The van der Waals surface area contributed by atoms with E-state index in [-0.39, 0.29) is 30.8 Å². The minimum absolute atomic E-state index is 0.202. The summed E-state index contributed by atoms with van der Waals surface area (Å²) in [6.45, 7) is 13.1. The lowest BCUT2D eigenvalue weighted by Crippen LogP contribution is -2.68. The quantitative estimate of drug-likeness (QED) is 0.265. The number of aromatic nitrogens is 3. The minimum Gasteiger partial charge on any atom is -0.444 e. The Balaban J connectivity index is 1.49. The first kappa shape index (κ1) is 30.2. The molecule has 1 fully saturated rings. The molecular weight excluding hydrogens is 568 g/mol. The van der Waals surface area contributed by atoms with Crippen LogP contribution in [0.4, 0.5) is 4.79 Å². The highest BCUT2D eigenvalue weighted by Gasteiger charge is 2.51. The highest BCUT2D eigenvalue weighted by atomic mass is 35.5. The second-order valence-corrected chi connectivity index (χ2v) is 17.3. The second-order valence-electron chi connectivity index (χ2n) is 12.7. The summed E-state index contributed by atoms with van der Waals surface area (Å²) in [5, 5.41) is 2.51. The van der Waals surface area contributed by atoms with Gasteiger partial charge in [0.15, 0.2) is 5.15 Å². The topological polar surface area (TPSA) is 78.2 Å². The number of morpholine rings is 1. The molecule has 0 aliphatic carbocycles. The third-order valence-electron chi connectivity index (χ3n) is 7.56. The fourth-order valence-corrected chi connectivity index (χ4v) is 10.5. The highest BCUT2D eigenvalue weighted by molar-refractivity contribution is 6.99. The van der Waals surface area contributed by atoms with Gasteiger partial charge in [-0.25, -0.2) is 14.8 Å². The molecule has 0 bridgehead atoms. The molecule has 1 aliphatic rings. The van der Waals surface area contributed by atoms with Crippen molar-refractivity contribution in [3.8, 4) is 0 Å². The Morgan fingerprint density at radius 1 is 1.00 bits per heavy atom. The predicted molar refractivity (Wildman–Crippen MR) is 167 cm³/mol. The Bertz CT molecular complexity index is 1480. The van der Waals surface area contributed by atoms with Crippen LogP contribution in [0.1, 0.15) is 53.5 Å². The van der Waals surface area contributed by atoms with Gasteiger partial charge in [-0.15, -0.1) is 0 Å². The van der Waals surface area contributed by atoms with E-state index in [0.717, 1.165) is 0 Å². The van der Waals surface area contributed by atoms with Gasteiger partial charge in [-0.3, -0.25) is 9.30 Å². The van der Waals surface area contributed by atoms with Gasteiger partial charge in [0, 0.05) is 12.4 Å². The number of nitrogens with zero attached hydrogens (tertiary/aromatic N) is 4. The Labute approximate surface area is 253 Å². The first-order valence-electron chi connectivity index (χ1n) is 14.2. The van der Waals surface area contributed by atoms with Crippen LogP contribution in [-0.2, 0) is 13.9 Å². The molecule has 1 amide bonds. The molecule has 1 aliphatic heterocycles. The van der Waals surface area contributed by atoms with E-state index in [2.05, 4.69) is 79.3 Å². The molecule has 222 valence electrons. The van der Waals surface area contributed by atoms with Crippen molar-refractivity contribution in [3.05, 3.63) is 90.2 Å². The zero-order chi connectivity index (χ0) is 30.1. The molecule has 42 heavy (non-hydrogen) atoms. The Morgan fingerprint density at radius 2 is 1.62 bits per heavy atom. The molecule has 5 rings (SSSR count). The number of benzene rings is 2. The zero-order valence-electron chi connectivity index (χ0n) is 25.1. The van der Waals surface area contributed by atoms with Crippen LogP contribution in [0.15, 0.2) is 79.3 Å². The maximum absolute atomic E-state index is 13.7. The molecule has 2 aromatic heterocycles. The molecular formula is C32H39ClN4O4Si. The zero-order valence-corrected chi connectivity index (χ0v) is 26.8. The van der Waals surface area contributed by atoms with Crippen molar-refractivity contribution in [3.63, 3.8) is 0 Å². The molecule has 0 saturated carbocycles. The van der Waals surface area contributed by atoms with Crippen molar-refractivity contribution in [2.24, 2.45) is 0 Å². The average Bonchev–Trinajstić information content (AvgIpc) is 3.38. The first-order chi connectivity index (χ1) is 19.9. The normalized spacial score (nSPS) is 18.3. The van der Waals surface area contributed by atoms with E-state index in [1.54, 1.807) is 23.5 Å². The van der Waals surface area contributed by atoms with Crippen LogP contribution < -0.4 is 10.4 Å². The standard InChI is InChI=1S/C32H39ClN4O4Si/c1-31(2,3)41-30(38)37-20-27(29-35-19-26-28(33)34-17-18-36(26)29)39-21-23(37)22-40-42(32(4,5)6,24-13-9-7-10-14-24)25-15-11-8-12-16-25/h7-19,23,27H,20-22H2,1-6H3. The van der Waals surface area contributed by atoms with E-state index in [4.69, 9.17) is 25.5 Å². The Morgan fingerprint density at radius 3 is 2.19 bits per heavy atom. The van der Waals surface area contributed by atoms with E-state index >= 15 is 0 Å². The number of amides is 1. The molecule has 1 saturated heterocycles. The summed E-state index contributed by atoms with van der Waals surface area (Å²) in [4.78, 5) is 24.1. The summed E-state index contributed by atoms with van der Waals surface area (Å²) in [6.07, 6.45) is 4.19. The number of hydrogen-bond donors (Lipinski definition) is 0. The van der Waals surface area contributed by atoms with Crippen molar-refractivity contribution >= 4 is 41.9 Å². The lowest BCUT2D eigenvalue weighted by atomic mass is 10.1. The number of carbonyl (C=O) groups is 1. The van der Waals surface area contributed by atoms with Crippen molar-refractivity contribution in [1.82, 2.24) is 19.3 Å². The molecule has 0 N–H and O–H groups in total. The summed E-state index contributed by atoms with van der Waals surface area (Å²) in [5.74, 6) is 0.647. The predicted octanol–water partition coefficient (Wildman–Crippen LogP) is 5.64. The third kappa shape index (κ3) is 5.97. The van der Waals surface area contributed by atoms with Gasteiger partial charge in [0.05, 0.1) is 32.0 Å². The molecule has 10 heteroatoms. The van der Waals surface area contributed by atoms with Gasteiger partial charge >= 0.3 is 6.09 Å². The van der Waals surface area contributed by atoms with Crippen LogP contribution in [0.3, 0.4) is 0 Å². The monoisotopic (exact) mass is 606 g/mol. The SMILES string of the molecule is CC(C)(C)OC(=O)N1CC(c2ncc3c(Cl)nccn23)OCC1CO[Si](c1ccccc1)(c1ccccc1)C(C)(C)C. The van der Waals surface area contributed by atoms with Gasteiger partial charge in [-0.1, -0.05) is 93.0 Å². The van der Waals surface area contributed by atoms with Crippen LogP contribution in [0.5, 0.6) is 0 Å². The smallest absolute Gasteiger partial charge is 0.410 e. The summed E-state index contributed by atoms with van der Waals surface area (Å²) in [6, 6.07) is 20.6. The van der Waals surface area contributed by atoms with Gasteiger partial charge in [0.1, 0.15) is 23.0 Å². The summed E-state index contributed by atoms with van der Waals surface area (Å²) < 4.78 is 21.3. The number of rotatable bonds is 6. The van der Waals surface area contributed by atoms with Crippen molar-refractivity contribution in [1.29, 1.82) is 0 Å². The van der Waals surface area contributed by atoms with E-state index in [9.17, 15) is 4.79 Å². The fourth-order valence-electron chi connectivity index (χ4n) is 5.67. The lowest BCUT2D eigenvalue weighted by Gasteiger charge is -2.45. The Kier molecular flexibility index (Phi) is 8.49. The maximum atomic E-state index is 13.7.